The van der Waals surface area contributed by atoms with E-state index in [0.717, 1.165) is 8.95 Å². The van der Waals surface area contributed by atoms with E-state index >= 15 is 0 Å². The standard InChI is InChI=1S/C11H10Br2N2O/c1-7(6-14)15(2)11(16)9-5-8(12)3-4-10(9)13/h3-5,7H,1-2H3. The first kappa shape index (κ1) is 13.2. The Balaban J connectivity index is 3.06. The molecule has 1 aromatic carbocycles. The van der Waals surface area contributed by atoms with Crippen molar-refractivity contribution in [1.29, 1.82) is 5.26 Å². The molecule has 1 aromatic rings. The highest BCUT2D eigenvalue weighted by molar-refractivity contribution is 9.11. The van der Waals surface area contributed by atoms with E-state index in [2.05, 4.69) is 31.9 Å². The third-order valence-corrected chi connectivity index (χ3v) is 3.43. The van der Waals surface area contributed by atoms with Crippen LogP contribution in [-0.2, 0) is 0 Å². The van der Waals surface area contributed by atoms with Gasteiger partial charge in [0.25, 0.3) is 5.91 Å². The van der Waals surface area contributed by atoms with Crippen LogP contribution in [-0.4, -0.2) is 23.9 Å². The minimum absolute atomic E-state index is 0.178. The Morgan fingerprint density at radius 2 is 2.12 bits per heavy atom. The summed E-state index contributed by atoms with van der Waals surface area (Å²) in [6.45, 7) is 1.68. The van der Waals surface area contributed by atoms with Gasteiger partial charge in [-0.3, -0.25) is 4.79 Å². The summed E-state index contributed by atoms with van der Waals surface area (Å²) in [4.78, 5) is 13.5. The maximum absolute atomic E-state index is 12.0. The van der Waals surface area contributed by atoms with Crippen molar-refractivity contribution < 1.29 is 4.79 Å². The molecule has 0 N–H and O–H groups in total. The molecule has 0 saturated carbocycles. The SMILES string of the molecule is CC(C#N)N(C)C(=O)c1cc(Br)ccc1Br. The van der Waals surface area contributed by atoms with Gasteiger partial charge in [0, 0.05) is 16.0 Å². The molecule has 3 nitrogen and oxygen atoms in total. The molecule has 0 fully saturated rings. The zero-order valence-corrected chi connectivity index (χ0v) is 12.0. The fraction of sp³-hybridized carbons (Fsp3) is 0.273. The molecule has 0 aliphatic heterocycles. The Hall–Kier alpha value is -0.860. The van der Waals surface area contributed by atoms with Crippen LogP contribution in [0.4, 0.5) is 0 Å². The van der Waals surface area contributed by atoms with Gasteiger partial charge in [0.2, 0.25) is 0 Å². The number of nitrogens with zero attached hydrogens (tertiary/aromatic N) is 2. The Kier molecular flexibility index (Phi) is 4.51. The van der Waals surface area contributed by atoms with E-state index in [1.54, 1.807) is 26.1 Å². The van der Waals surface area contributed by atoms with Gasteiger partial charge in [-0.15, -0.1) is 0 Å². The zero-order chi connectivity index (χ0) is 12.3. The smallest absolute Gasteiger partial charge is 0.255 e. The molecule has 0 saturated heterocycles. The summed E-state index contributed by atoms with van der Waals surface area (Å²) >= 11 is 6.63. The highest BCUT2D eigenvalue weighted by atomic mass is 79.9. The van der Waals surface area contributed by atoms with Crippen molar-refractivity contribution in [3.05, 3.63) is 32.7 Å². The number of rotatable bonds is 2. The van der Waals surface area contributed by atoms with Gasteiger partial charge in [0.05, 0.1) is 11.6 Å². The van der Waals surface area contributed by atoms with Crippen molar-refractivity contribution in [2.45, 2.75) is 13.0 Å². The first-order valence-corrected chi connectivity index (χ1v) is 6.17. The van der Waals surface area contributed by atoms with Crippen LogP contribution in [0.3, 0.4) is 0 Å². The van der Waals surface area contributed by atoms with Gasteiger partial charge in [-0.05, 0) is 41.1 Å². The molecule has 0 spiro atoms. The van der Waals surface area contributed by atoms with Crippen molar-refractivity contribution in [3.63, 3.8) is 0 Å². The summed E-state index contributed by atoms with van der Waals surface area (Å²) in [5, 5.41) is 8.76. The Morgan fingerprint density at radius 3 is 2.69 bits per heavy atom. The van der Waals surface area contributed by atoms with E-state index in [1.807, 2.05) is 12.1 Å². The lowest BCUT2D eigenvalue weighted by molar-refractivity contribution is 0.0772. The summed E-state index contributed by atoms with van der Waals surface area (Å²) in [5.41, 5.74) is 0.541. The van der Waals surface area contributed by atoms with Crippen LogP contribution in [0.5, 0.6) is 0 Å². The lowest BCUT2D eigenvalue weighted by Crippen LogP contribution is -2.34. The number of amides is 1. The molecule has 1 unspecified atom stereocenters. The number of nitriles is 1. The van der Waals surface area contributed by atoms with Gasteiger partial charge in [0.15, 0.2) is 0 Å². The van der Waals surface area contributed by atoms with Crippen molar-refractivity contribution >= 4 is 37.8 Å². The second-order valence-electron chi connectivity index (χ2n) is 3.35. The maximum Gasteiger partial charge on any atom is 0.255 e. The van der Waals surface area contributed by atoms with Crippen LogP contribution < -0.4 is 0 Å². The monoisotopic (exact) mass is 344 g/mol. The van der Waals surface area contributed by atoms with Crippen molar-refractivity contribution in [2.75, 3.05) is 7.05 Å². The number of halogens is 2. The summed E-state index contributed by atoms with van der Waals surface area (Å²) in [6, 6.07) is 6.95. The first-order chi connectivity index (χ1) is 7.47. The van der Waals surface area contributed by atoms with E-state index in [9.17, 15) is 4.79 Å². The highest BCUT2D eigenvalue weighted by Crippen LogP contribution is 2.23. The second kappa shape index (κ2) is 5.46. The zero-order valence-electron chi connectivity index (χ0n) is 8.87. The molecule has 16 heavy (non-hydrogen) atoms. The Bertz CT molecular complexity index is 454. The molecule has 0 aliphatic carbocycles. The highest BCUT2D eigenvalue weighted by Gasteiger charge is 2.19. The number of hydrogen-bond acceptors (Lipinski definition) is 2. The lowest BCUT2D eigenvalue weighted by Gasteiger charge is -2.20. The average molecular weight is 346 g/mol. The van der Waals surface area contributed by atoms with E-state index in [0.29, 0.717) is 5.56 Å². The fourth-order valence-electron chi connectivity index (χ4n) is 1.11. The molecule has 0 aromatic heterocycles. The van der Waals surface area contributed by atoms with Crippen molar-refractivity contribution in [3.8, 4) is 6.07 Å². The molecule has 84 valence electrons. The van der Waals surface area contributed by atoms with Crippen LogP contribution in [0.2, 0.25) is 0 Å². The third-order valence-electron chi connectivity index (χ3n) is 2.25. The van der Waals surface area contributed by atoms with E-state index in [-0.39, 0.29) is 5.91 Å². The predicted octanol–water partition coefficient (Wildman–Crippen LogP) is 3.20. The van der Waals surface area contributed by atoms with Crippen molar-refractivity contribution in [1.82, 2.24) is 4.90 Å². The topological polar surface area (TPSA) is 44.1 Å². The molecule has 5 heteroatoms. The largest absolute Gasteiger partial charge is 0.326 e. The van der Waals surface area contributed by atoms with Gasteiger partial charge >= 0.3 is 0 Å². The van der Waals surface area contributed by atoms with E-state index in [4.69, 9.17) is 5.26 Å². The summed E-state index contributed by atoms with van der Waals surface area (Å²) in [6.07, 6.45) is 0. The first-order valence-electron chi connectivity index (χ1n) is 4.59. The molecular weight excluding hydrogens is 336 g/mol. The average Bonchev–Trinajstić information content (AvgIpc) is 2.29. The predicted molar refractivity (Wildman–Crippen MR) is 69.0 cm³/mol. The van der Waals surface area contributed by atoms with Crippen LogP contribution in [0.15, 0.2) is 27.1 Å². The van der Waals surface area contributed by atoms with Crippen LogP contribution in [0.25, 0.3) is 0 Å². The number of carbonyl (C=O) groups excluding carboxylic acids is 1. The lowest BCUT2D eigenvalue weighted by atomic mass is 10.2. The number of benzene rings is 1. The molecule has 0 aliphatic rings. The van der Waals surface area contributed by atoms with Crippen LogP contribution in [0, 0.1) is 11.3 Å². The minimum atomic E-state index is -0.446. The maximum atomic E-state index is 12.0. The van der Waals surface area contributed by atoms with E-state index < -0.39 is 6.04 Å². The van der Waals surface area contributed by atoms with E-state index in [1.165, 1.54) is 4.90 Å². The normalized spacial score (nSPS) is 11.7. The molecular formula is C11H10Br2N2O. The third kappa shape index (κ3) is 2.83. The van der Waals surface area contributed by atoms with Gasteiger partial charge in [-0.2, -0.15) is 5.26 Å². The summed E-state index contributed by atoms with van der Waals surface area (Å²) < 4.78 is 1.55. The Morgan fingerprint density at radius 1 is 1.50 bits per heavy atom. The second-order valence-corrected chi connectivity index (χ2v) is 5.12. The van der Waals surface area contributed by atoms with Gasteiger partial charge in [0.1, 0.15) is 6.04 Å². The summed E-state index contributed by atoms with van der Waals surface area (Å²) in [5.74, 6) is -0.178. The quantitative estimate of drug-likeness (QED) is 0.826. The molecule has 0 bridgehead atoms. The summed E-state index contributed by atoms with van der Waals surface area (Å²) in [7, 11) is 1.61. The van der Waals surface area contributed by atoms with Crippen molar-refractivity contribution in [2.24, 2.45) is 0 Å². The van der Waals surface area contributed by atoms with Gasteiger partial charge in [-0.25, -0.2) is 0 Å². The van der Waals surface area contributed by atoms with Crippen LogP contribution in [0.1, 0.15) is 17.3 Å². The minimum Gasteiger partial charge on any atom is -0.326 e. The molecule has 1 atom stereocenters. The molecule has 1 amide bonds. The van der Waals surface area contributed by atoms with Crippen LogP contribution >= 0.6 is 31.9 Å². The molecule has 0 radical (unpaired) electrons. The molecule has 1 rings (SSSR count). The van der Waals surface area contributed by atoms with Gasteiger partial charge < -0.3 is 4.90 Å². The fourth-order valence-corrected chi connectivity index (χ4v) is 1.89. The number of hydrogen-bond donors (Lipinski definition) is 0. The Labute approximate surface area is 111 Å². The number of carbonyl (C=O) groups is 1. The van der Waals surface area contributed by atoms with Gasteiger partial charge in [-0.1, -0.05) is 15.9 Å². The molecule has 0 heterocycles.